The number of rotatable bonds is 6. The first kappa shape index (κ1) is 18.2. The monoisotopic (exact) mass is 361 g/mol. The van der Waals surface area contributed by atoms with Crippen LogP contribution in [-0.2, 0) is 9.78 Å². The number of hydrogen-bond acceptors (Lipinski definition) is 4. The van der Waals surface area contributed by atoms with Crippen molar-refractivity contribution in [1.82, 2.24) is 4.90 Å². The van der Waals surface area contributed by atoms with Crippen molar-refractivity contribution < 1.29 is 14.9 Å². The minimum absolute atomic E-state index is 0.102. The second kappa shape index (κ2) is 8.19. The van der Waals surface area contributed by atoms with Gasteiger partial charge in [-0.05, 0) is 48.5 Å². The van der Waals surface area contributed by atoms with Crippen LogP contribution in [0.15, 0.2) is 59.4 Å². The highest BCUT2D eigenvalue weighted by Crippen LogP contribution is 2.36. The SMILES string of the molecule is CCN(CC)CC1C=C2CC(C(O)c3cccc(Cl)c3)=CC=C2OO1. The third-order valence-electron chi connectivity index (χ3n) is 4.66. The van der Waals surface area contributed by atoms with Crippen LogP contribution in [0.4, 0.5) is 0 Å². The number of likely N-dealkylation sites (N-methyl/N-ethyl adjacent to an activating group) is 1. The molecule has 134 valence electrons. The van der Waals surface area contributed by atoms with Crippen LogP contribution < -0.4 is 0 Å². The summed E-state index contributed by atoms with van der Waals surface area (Å²) in [4.78, 5) is 13.2. The zero-order valence-corrected chi connectivity index (χ0v) is 15.4. The van der Waals surface area contributed by atoms with Gasteiger partial charge in [0.15, 0.2) is 5.76 Å². The normalized spacial score (nSPS) is 21.0. The van der Waals surface area contributed by atoms with Gasteiger partial charge in [0.1, 0.15) is 12.2 Å². The van der Waals surface area contributed by atoms with Gasteiger partial charge >= 0.3 is 0 Å². The lowest BCUT2D eigenvalue weighted by Crippen LogP contribution is -2.34. The van der Waals surface area contributed by atoms with E-state index >= 15 is 0 Å². The van der Waals surface area contributed by atoms with Crippen LogP contribution in [-0.4, -0.2) is 35.7 Å². The lowest BCUT2D eigenvalue weighted by molar-refractivity contribution is -0.289. The molecule has 1 heterocycles. The summed E-state index contributed by atoms with van der Waals surface area (Å²) in [6, 6.07) is 7.33. The number of aliphatic hydroxyl groups excluding tert-OH is 1. The van der Waals surface area contributed by atoms with Gasteiger partial charge in [0.05, 0.1) is 0 Å². The molecule has 2 atom stereocenters. The minimum Gasteiger partial charge on any atom is -0.384 e. The Bertz CT molecular complexity index is 707. The molecule has 0 fully saturated rings. The standard InChI is InChI=1S/C20H24ClNO3/c1-3-22(4-2)13-18-12-16-10-15(8-9-19(16)25-24-18)20(23)14-6-5-7-17(21)11-14/h5-9,11-12,18,20,23H,3-4,10,13H2,1-2H3. The Morgan fingerprint density at radius 3 is 2.80 bits per heavy atom. The molecule has 25 heavy (non-hydrogen) atoms. The number of benzene rings is 1. The Hall–Kier alpha value is -1.59. The van der Waals surface area contributed by atoms with Crippen LogP contribution >= 0.6 is 11.6 Å². The maximum absolute atomic E-state index is 10.7. The molecule has 0 radical (unpaired) electrons. The summed E-state index contributed by atoms with van der Waals surface area (Å²) in [6.45, 7) is 7.00. The Morgan fingerprint density at radius 2 is 2.08 bits per heavy atom. The molecule has 0 aromatic heterocycles. The minimum atomic E-state index is -0.679. The summed E-state index contributed by atoms with van der Waals surface area (Å²) in [5.41, 5.74) is 2.77. The van der Waals surface area contributed by atoms with E-state index in [9.17, 15) is 5.11 Å². The molecule has 0 saturated carbocycles. The van der Waals surface area contributed by atoms with Crippen molar-refractivity contribution in [2.45, 2.75) is 32.5 Å². The molecule has 1 aromatic carbocycles. The van der Waals surface area contributed by atoms with Crippen molar-refractivity contribution in [2.75, 3.05) is 19.6 Å². The van der Waals surface area contributed by atoms with E-state index in [0.29, 0.717) is 11.4 Å². The van der Waals surface area contributed by atoms with Gasteiger partial charge in [-0.1, -0.05) is 43.7 Å². The maximum atomic E-state index is 10.7. The van der Waals surface area contributed by atoms with E-state index in [-0.39, 0.29) is 6.10 Å². The number of aliphatic hydroxyl groups is 1. The Balaban J connectivity index is 1.75. The highest BCUT2D eigenvalue weighted by molar-refractivity contribution is 6.30. The average molecular weight is 362 g/mol. The summed E-state index contributed by atoms with van der Waals surface area (Å²) in [7, 11) is 0. The third-order valence-corrected chi connectivity index (χ3v) is 4.89. The zero-order chi connectivity index (χ0) is 17.8. The molecule has 0 bridgehead atoms. The van der Waals surface area contributed by atoms with Gasteiger partial charge < -0.3 is 14.9 Å². The molecule has 3 rings (SSSR count). The van der Waals surface area contributed by atoms with E-state index < -0.39 is 6.10 Å². The number of halogens is 1. The van der Waals surface area contributed by atoms with Crippen molar-refractivity contribution in [3.63, 3.8) is 0 Å². The van der Waals surface area contributed by atoms with Crippen molar-refractivity contribution >= 4 is 11.6 Å². The third kappa shape index (κ3) is 4.33. The summed E-state index contributed by atoms with van der Waals surface area (Å²) in [5, 5.41) is 11.3. The van der Waals surface area contributed by atoms with E-state index in [2.05, 4.69) is 24.8 Å². The molecule has 4 nitrogen and oxygen atoms in total. The van der Waals surface area contributed by atoms with E-state index in [1.165, 1.54) is 0 Å². The molecule has 0 spiro atoms. The largest absolute Gasteiger partial charge is 0.384 e. The number of fused-ring (bicyclic) bond motifs is 1. The lowest BCUT2D eigenvalue weighted by atomic mass is 9.90. The summed E-state index contributed by atoms with van der Waals surface area (Å²) in [5.74, 6) is 0.720. The Kier molecular flexibility index (Phi) is 5.97. The summed E-state index contributed by atoms with van der Waals surface area (Å²) in [6.07, 6.45) is 5.71. The molecule has 2 aliphatic rings. The predicted octanol–water partition coefficient (Wildman–Crippen LogP) is 4.19. The number of allylic oxidation sites excluding steroid dienone is 3. The van der Waals surface area contributed by atoms with Crippen molar-refractivity contribution in [3.8, 4) is 0 Å². The number of nitrogens with zero attached hydrogens (tertiary/aromatic N) is 1. The van der Waals surface area contributed by atoms with Crippen LogP contribution in [0.3, 0.4) is 0 Å². The van der Waals surface area contributed by atoms with Crippen molar-refractivity contribution in [1.29, 1.82) is 0 Å². The van der Waals surface area contributed by atoms with Crippen LogP contribution in [0.5, 0.6) is 0 Å². The van der Waals surface area contributed by atoms with E-state index in [1.54, 1.807) is 12.1 Å². The molecule has 2 unspecified atom stereocenters. The second-order valence-electron chi connectivity index (χ2n) is 6.30. The zero-order valence-electron chi connectivity index (χ0n) is 14.6. The highest BCUT2D eigenvalue weighted by atomic mass is 35.5. The average Bonchev–Trinajstić information content (AvgIpc) is 2.64. The molecule has 1 aliphatic carbocycles. The quantitative estimate of drug-likeness (QED) is 0.771. The molecular formula is C20H24ClNO3. The van der Waals surface area contributed by atoms with Gasteiger partial charge in [0, 0.05) is 23.6 Å². The van der Waals surface area contributed by atoms with Crippen LogP contribution in [0.1, 0.15) is 31.9 Å². The highest BCUT2D eigenvalue weighted by Gasteiger charge is 2.26. The fourth-order valence-electron chi connectivity index (χ4n) is 3.14. The topological polar surface area (TPSA) is 41.9 Å². The first-order valence-electron chi connectivity index (χ1n) is 8.71. The molecule has 5 heteroatoms. The van der Waals surface area contributed by atoms with Crippen molar-refractivity contribution in [3.05, 3.63) is 70.0 Å². The lowest BCUT2D eigenvalue weighted by Gasteiger charge is -2.29. The van der Waals surface area contributed by atoms with E-state index in [1.807, 2.05) is 24.3 Å². The van der Waals surface area contributed by atoms with E-state index in [4.69, 9.17) is 21.4 Å². The molecule has 1 aliphatic heterocycles. The fourth-order valence-corrected chi connectivity index (χ4v) is 3.34. The predicted molar refractivity (Wildman–Crippen MR) is 99.0 cm³/mol. The molecule has 0 saturated heterocycles. The molecule has 1 aromatic rings. The fraction of sp³-hybridized carbons (Fsp3) is 0.400. The summed E-state index contributed by atoms with van der Waals surface area (Å²) >= 11 is 6.04. The molecule has 1 N–H and O–H groups in total. The van der Waals surface area contributed by atoms with Gasteiger partial charge in [-0.15, -0.1) is 0 Å². The van der Waals surface area contributed by atoms with E-state index in [0.717, 1.165) is 42.1 Å². The van der Waals surface area contributed by atoms with Gasteiger partial charge in [0.25, 0.3) is 0 Å². The Labute approximate surface area is 153 Å². The first-order valence-corrected chi connectivity index (χ1v) is 9.09. The first-order chi connectivity index (χ1) is 12.1. The molecular weight excluding hydrogens is 338 g/mol. The van der Waals surface area contributed by atoms with Gasteiger partial charge in [0.2, 0.25) is 0 Å². The van der Waals surface area contributed by atoms with Crippen molar-refractivity contribution in [2.24, 2.45) is 0 Å². The summed E-state index contributed by atoms with van der Waals surface area (Å²) < 4.78 is 0. The van der Waals surface area contributed by atoms with Crippen LogP contribution in [0.2, 0.25) is 5.02 Å². The van der Waals surface area contributed by atoms with Crippen LogP contribution in [0.25, 0.3) is 0 Å². The maximum Gasteiger partial charge on any atom is 0.168 e. The van der Waals surface area contributed by atoms with Gasteiger partial charge in [-0.3, -0.25) is 0 Å². The van der Waals surface area contributed by atoms with Gasteiger partial charge in [-0.25, -0.2) is 0 Å². The van der Waals surface area contributed by atoms with Gasteiger partial charge in [-0.2, -0.15) is 4.89 Å². The second-order valence-corrected chi connectivity index (χ2v) is 6.74. The number of hydrogen-bond donors (Lipinski definition) is 1. The Morgan fingerprint density at radius 1 is 1.28 bits per heavy atom. The molecule has 0 amide bonds. The smallest absolute Gasteiger partial charge is 0.168 e. The van der Waals surface area contributed by atoms with Crippen LogP contribution in [0, 0.1) is 0 Å².